The van der Waals surface area contributed by atoms with Crippen molar-refractivity contribution in [1.29, 1.82) is 0 Å². The van der Waals surface area contributed by atoms with Crippen molar-refractivity contribution < 1.29 is 4.39 Å². The molecule has 0 spiro atoms. The van der Waals surface area contributed by atoms with Crippen LogP contribution in [-0.2, 0) is 0 Å². The summed E-state index contributed by atoms with van der Waals surface area (Å²) in [6.45, 7) is 8.00. The molecule has 2 rings (SSSR count). The molecule has 0 unspecified atom stereocenters. The lowest BCUT2D eigenvalue weighted by atomic mass is 9.85. The number of allylic oxidation sites excluding steroid dienone is 4. The predicted molar refractivity (Wildman–Crippen MR) is 76.7 cm³/mol. The summed E-state index contributed by atoms with van der Waals surface area (Å²) in [6, 6.07) is 7.92. The van der Waals surface area contributed by atoms with Crippen LogP contribution in [-0.4, -0.2) is 0 Å². The first-order valence-corrected chi connectivity index (χ1v) is 6.45. The zero-order valence-electron chi connectivity index (χ0n) is 11.0. The second kappa shape index (κ2) is 5.34. The second-order valence-corrected chi connectivity index (χ2v) is 4.97. The lowest BCUT2D eigenvalue weighted by Crippen LogP contribution is -2.04. The Morgan fingerprint density at radius 3 is 2.44 bits per heavy atom. The molecule has 0 bridgehead atoms. The van der Waals surface area contributed by atoms with Crippen molar-refractivity contribution in [1.82, 2.24) is 0 Å². The van der Waals surface area contributed by atoms with E-state index in [2.05, 4.69) is 20.4 Å². The van der Waals surface area contributed by atoms with Crippen LogP contribution in [0.25, 0.3) is 11.6 Å². The van der Waals surface area contributed by atoms with E-state index in [1.54, 1.807) is 12.2 Å². The van der Waals surface area contributed by atoms with E-state index in [4.69, 9.17) is 0 Å². The molecule has 1 heteroatoms. The molecule has 0 fully saturated rings. The first-order valence-electron chi connectivity index (χ1n) is 6.45. The summed E-state index contributed by atoms with van der Waals surface area (Å²) < 4.78 is 14.1. The van der Waals surface area contributed by atoms with Crippen LogP contribution in [0.15, 0.2) is 48.3 Å². The minimum absolute atomic E-state index is 0.0729. The molecular formula is C17H19F. The van der Waals surface area contributed by atoms with Gasteiger partial charge < -0.3 is 0 Å². The highest BCUT2D eigenvalue weighted by atomic mass is 19.1. The Bertz CT molecular complexity index is 501. The summed E-state index contributed by atoms with van der Waals surface area (Å²) in [6.07, 6.45) is 5.27. The van der Waals surface area contributed by atoms with Gasteiger partial charge >= 0.3 is 0 Å². The topological polar surface area (TPSA) is 0 Å². The monoisotopic (exact) mass is 242 g/mol. The average molecular weight is 242 g/mol. The van der Waals surface area contributed by atoms with Crippen molar-refractivity contribution in [2.75, 3.05) is 0 Å². The number of hydrogen-bond donors (Lipinski definition) is 0. The quantitative estimate of drug-likeness (QED) is 0.667. The second-order valence-electron chi connectivity index (χ2n) is 4.97. The van der Waals surface area contributed by atoms with E-state index in [0.29, 0.717) is 5.92 Å². The van der Waals surface area contributed by atoms with Crippen LogP contribution in [0.3, 0.4) is 0 Å². The maximum atomic E-state index is 14.1. The molecule has 0 nitrogen and oxygen atoms in total. The van der Waals surface area contributed by atoms with Gasteiger partial charge in [-0.05, 0) is 36.0 Å². The molecule has 18 heavy (non-hydrogen) atoms. The fourth-order valence-corrected chi connectivity index (χ4v) is 2.42. The molecule has 0 aliphatic heterocycles. The number of benzene rings is 1. The summed E-state index contributed by atoms with van der Waals surface area (Å²) >= 11 is 0. The summed E-state index contributed by atoms with van der Waals surface area (Å²) in [5.41, 5.74) is 4.05. The van der Waals surface area contributed by atoms with Gasteiger partial charge in [-0.25, -0.2) is 4.39 Å². The maximum Gasteiger partial charge on any atom is 0.127 e. The summed E-state index contributed by atoms with van der Waals surface area (Å²) in [5, 5.41) is 0. The zero-order chi connectivity index (χ0) is 13.1. The van der Waals surface area contributed by atoms with Crippen molar-refractivity contribution in [2.45, 2.75) is 26.7 Å². The normalized spacial score (nSPS) is 15.9. The van der Waals surface area contributed by atoms with Crippen LogP contribution in [0.5, 0.6) is 0 Å². The van der Waals surface area contributed by atoms with Crippen LogP contribution in [0.2, 0.25) is 0 Å². The van der Waals surface area contributed by atoms with Gasteiger partial charge in [0.15, 0.2) is 0 Å². The van der Waals surface area contributed by atoms with E-state index in [1.165, 1.54) is 5.57 Å². The number of halogens is 1. The molecule has 0 atom stereocenters. The van der Waals surface area contributed by atoms with Gasteiger partial charge in [0.25, 0.3) is 0 Å². The Morgan fingerprint density at radius 2 is 1.89 bits per heavy atom. The fraction of sp³-hybridized carbons (Fsp3) is 0.294. The molecule has 1 aliphatic rings. The molecular weight excluding hydrogens is 223 g/mol. The molecule has 1 aromatic carbocycles. The molecule has 1 aromatic rings. The summed E-state index contributed by atoms with van der Waals surface area (Å²) in [4.78, 5) is 0. The van der Waals surface area contributed by atoms with Crippen LogP contribution in [0.4, 0.5) is 4.39 Å². The number of hydrogen-bond acceptors (Lipinski definition) is 0. The van der Waals surface area contributed by atoms with Gasteiger partial charge in [-0.3, -0.25) is 0 Å². The highest BCUT2D eigenvalue weighted by Gasteiger charge is 2.19. The summed E-state index contributed by atoms with van der Waals surface area (Å²) in [5.74, 6) is 0.315. The number of rotatable bonds is 3. The van der Waals surface area contributed by atoms with Crippen molar-refractivity contribution >= 4 is 11.6 Å². The molecule has 94 valence electrons. The Hall–Kier alpha value is -1.63. The first kappa shape index (κ1) is 12.8. The van der Waals surface area contributed by atoms with Crippen LogP contribution in [0, 0.1) is 5.92 Å². The lowest BCUT2D eigenvalue weighted by molar-refractivity contribution is 0.634. The van der Waals surface area contributed by atoms with Crippen molar-refractivity contribution in [3.8, 4) is 0 Å². The van der Waals surface area contributed by atoms with Crippen molar-refractivity contribution in [2.24, 2.45) is 5.92 Å². The molecule has 1 aliphatic carbocycles. The standard InChI is InChI=1S/C17H19F/c1-4-13-8-10-14(11-9-13)17-15(12(2)3)6-5-7-16(17)18/h4,7-12H,1,5-6H2,2-3H3. The van der Waals surface area contributed by atoms with E-state index < -0.39 is 0 Å². The van der Waals surface area contributed by atoms with E-state index >= 15 is 0 Å². The average Bonchev–Trinajstić information content (AvgIpc) is 2.38. The summed E-state index contributed by atoms with van der Waals surface area (Å²) in [7, 11) is 0. The van der Waals surface area contributed by atoms with Gasteiger partial charge in [0, 0.05) is 5.57 Å². The maximum absolute atomic E-state index is 14.1. The molecule has 0 radical (unpaired) electrons. The van der Waals surface area contributed by atoms with Crippen molar-refractivity contribution in [3.05, 3.63) is 59.4 Å². The molecule has 0 amide bonds. The van der Waals surface area contributed by atoms with Crippen LogP contribution >= 0.6 is 0 Å². The zero-order valence-corrected chi connectivity index (χ0v) is 11.0. The van der Waals surface area contributed by atoms with E-state index in [-0.39, 0.29) is 5.83 Å². The van der Waals surface area contributed by atoms with Gasteiger partial charge in [0.05, 0.1) is 0 Å². The fourth-order valence-electron chi connectivity index (χ4n) is 2.42. The van der Waals surface area contributed by atoms with Crippen molar-refractivity contribution in [3.63, 3.8) is 0 Å². The highest BCUT2D eigenvalue weighted by Crippen LogP contribution is 2.37. The van der Waals surface area contributed by atoms with E-state index in [1.807, 2.05) is 24.3 Å². The highest BCUT2D eigenvalue weighted by molar-refractivity contribution is 5.81. The smallest absolute Gasteiger partial charge is 0.127 e. The third-order valence-corrected chi connectivity index (χ3v) is 3.43. The van der Waals surface area contributed by atoms with Gasteiger partial charge in [0.1, 0.15) is 5.83 Å². The van der Waals surface area contributed by atoms with Gasteiger partial charge in [0.2, 0.25) is 0 Å². The molecule has 0 saturated heterocycles. The molecule has 0 N–H and O–H groups in total. The third kappa shape index (κ3) is 2.45. The minimum atomic E-state index is -0.0729. The lowest BCUT2D eigenvalue weighted by Gasteiger charge is -2.21. The van der Waals surface area contributed by atoms with Gasteiger partial charge in [-0.2, -0.15) is 0 Å². The minimum Gasteiger partial charge on any atom is -0.207 e. The SMILES string of the molecule is C=Cc1ccc(C2=C(C(C)C)CCC=C2F)cc1. The molecule has 0 heterocycles. The third-order valence-electron chi connectivity index (χ3n) is 3.43. The molecule has 0 saturated carbocycles. The van der Waals surface area contributed by atoms with Gasteiger partial charge in [-0.15, -0.1) is 0 Å². The van der Waals surface area contributed by atoms with Gasteiger partial charge in [-0.1, -0.05) is 56.3 Å². The van der Waals surface area contributed by atoms with E-state index in [0.717, 1.165) is 29.5 Å². The Morgan fingerprint density at radius 1 is 1.22 bits per heavy atom. The molecule has 0 aromatic heterocycles. The van der Waals surface area contributed by atoms with E-state index in [9.17, 15) is 4.39 Å². The van der Waals surface area contributed by atoms with Crippen LogP contribution < -0.4 is 0 Å². The Balaban J connectivity index is 2.49. The Labute approximate surface area is 109 Å². The Kier molecular flexibility index (Phi) is 3.81. The first-order chi connectivity index (χ1) is 8.63. The largest absolute Gasteiger partial charge is 0.207 e. The van der Waals surface area contributed by atoms with Crippen LogP contribution in [0.1, 0.15) is 37.8 Å². The predicted octanol–water partition coefficient (Wildman–Crippen LogP) is 5.39.